The predicted molar refractivity (Wildman–Crippen MR) is 42.9 cm³/mol. The number of carbonyl (C=O) groups is 1. The summed E-state index contributed by atoms with van der Waals surface area (Å²) < 4.78 is 0. The van der Waals surface area contributed by atoms with E-state index in [0.717, 1.165) is 6.42 Å². The molecule has 1 unspecified atom stereocenters. The first-order valence-electron chi connectivity index (χ1n) is 3.22. The van der Waals surface area contributed by atoms with Gasteiger partial charge in [-0.2, -0.15) is 12.6 Å². The van der Waals surface area contributed by atoms with E-state index in [0.29, 0.717) is 5.92 Å². The lowest BCUT2D eigenvalue weighted by Crippen LogP contribution is -2.12. The van der Waals surface area contributed by atoms with Crippen LogP contribution in [0.15, 0.2) is 0 Å². The maximum Gasteiger partial charge on any atom is 0.142 e. The van der Waals surface area contributed by atoms with Crippen molar-refractivity contribution in [3.05, 3.63) is 0 Å². The first-order valence-corrected chi connectivity index (χ1v) is 3.74. The first kappa shape index (κ1) is 9.02. The van der Waals surface area contributed by atoms with Gasteiger partial charge in [0.2, 0.25) is 0 Å². The summed E-state index contributed by atoms with van der Waals surface area (Å²) >= 11 is 4.11. The van der Waals surface area contributed by atoms with Crippen LogP contribution in [0.1, 0.15) is 27.2 Å². The van der Waals surface area contributed by atoms with E-state index in [-0.39, 0.29) is 11.0 Å². The number of ketones is 1. The summed E-state index contributed by atoms with van der Waals surface area (Å²) in [4.78, 5) is 10.6. The van der Waals surface area contributed by atoms with Crippen LogP contribution in [-0.2, 0) is 4.79 Å². The summed E-state index contributed by atoms with van der Waals surface area (Å²) in [5, 5.41) is -0.0509. The van der Waals surface area contributed by atoms with Crippen molar-refractivity contribution < 1.29 is 4.79 Å². The van der Waals surface area contributed by atoms with Gasteiger partial charge < -0.3 is 0 Å². The van der Waals surface area contributed by atoms with E-state index < -0.39 is 0 Å². The first-order chi connectivity index (χ1) is 4.04. The molecule has 0 fully saturated rings. The van der Waals surface area contributed by atoms with Crippen LogP contribution in [0, 0.1) is 5.92 Å². The highest BCUT2D eigenvalue weighted by Crippen LogP contribution is 2.10. The number of carbonyl (C=O) groups excluding carboxylic acids is 1. The molecule has 54 valence electrons. The van der Waals surface area contributed by atoms with Crippen LogP contribution in [0.2, 0.25) is 0 Å². The lowest BCUT2D eigenvalue weighted by molar-refractivity contribution is -0.116. The summed E-state index contributed by atoms with van der Waals surface area (Å²) in [7, 11) is 0. The molecule has 0 saturated carbocycles. The minimum absolute atomic E-state index is 0.0509. The Balaban J connectivity index is 3.50. The third-order valence-corrected chi connectivity index (χ3v) is 1.74. The van der Waals surface area contributed by atoms with Crippen molar-refractivity contribution in [1.29, 1.82) is 0 Å². The lowest BCUT2D eigenvalue weighted by atomic mass is 10.1. The highest BCUT2D eigenvalue weighted by Gasteiger charge is 2.09. The minimum Gasteiger partial charge on any atom is -0.299 e. The van der Waals surface area contributed by atoms with Crippen molar-refractivity contribution in [2.75, 3.05) is 0 Å². The van der Waals surface area contributed by atoms with Gasteiger partial charge in [0.15, 0.2) is 0 Å². The molecule has 2 heteroatoms. The van der Waals surface area contributed by atoms with Gasteiger partial charge in [-0.05, 0) is 19.3 Å². The Kier molecular flexibility index (Phi) is 3.95. The zero-order valence-electron chi connectivity index (χ0n) is 6.22. The van der Waals surface area contributed by atoms with Crippen LogP contribution in [0.3, 0.4) is 0 Å². The number of Topliss-reactive ketones (excluding diaryl/α,β-unsaturated/α-hetero) is 1. The fraction of sp³-hybridized carbons (Fsp3) is 0.857. The zero-order chi connectivity index (χ0) is 7.44. The normalized spacial score (nSPS) is 13.9. The molecule has 0 rings (SSSR count). The van der Waals surface area contributed by atoms with Gasteiger partial charge in [0, 0.05) is 0 Å². The summed E-state index contributed by atoms with van der Waals surface area (Å²) in [6.07, 6.45) is 0.887. The van der Waals surface area contributed by atoms with E-state index in [1.165, 1.54) is 0 Å². The molecule has 0 saturated heterocycles. The Labute approximate surface area is 62.2 Å². The standard InChI is InChI=1S/C7H14OS/c1-5(2)4-7(9)6(3)8/h5,7,9H,4H2,1-3H3. The second kappa shape index (κ2) is 3.94. The third kappa shape index (κ3) is 4.52. The molecule has 0 aliphatic heterocycles. The van der Waals surface area contributed by atoms with E-state index in [4.69, 9.17) is 0 Å². The smallest absolute Gasteiger partial charge is 0.142 e. The number of hydrogen-bond donors (Lipinski definition) is 1. The van der Waals surface area contributed by atoms with Crippen molar-refractivity contribution in [1.82, 2.24) is 0 Å². The minimum atomic E-state index is -0.0509. The van der Waals surface area contributed by atoms with Gasteiger partial charge >= 0.3 is 0 Å². The zero-order valence-corrected chi connectivity index (χ0v) is 7.11. The monoisotopic (exact) mass is 146 g/mol. The molecule has 0 radical (unpaired) electrons. The van der Waals surface area contributed by atoms with E-state index in [1.807, 2.05) is 0 Å². The van der Waals surface area contributed by atoms with Crippen LogP contribution < -0.4 is 0 Å². The Morgan fingerprint density at radius 2 is 2.00 bits per heavy atom. The van der Waals surface area contributed by atoms with Gasteiger partial charge in [-0.1, -0.05) is 13.8 Å². The van der Waals surface area contributed by atoms with Gasteiger partial charge in [-0.3, -0.25) is 4.79 Å². The van der Waals surface area contributed by atoms with Crippen LogP contribution in [0.4, 0.5) is 0 Å². The molecule has 0 bridgehead atoms. The molecular weight excluding hydrogens is 132 g/mol. The molecule has 9 heavy (non-hydrogen) atoms. The molecule has 1 nitrogen and oxygen atoms in total. The van der Waals surface area contributed by atoms with Gasteiger partial charge in [0.25, 0.3) is 0 Å². The van der Waals surface area contributed by atoms with Gasteiger partial charge in [-0.15, -0.1) is 0 Å². The van der Waals surface area contributed by atoms with Gasteiger partial charge in [0.05, 0.1) is 5.25 Å². The van der Waals surface area contributed by atoms with Crippen molar-refractivity contribution in [2.24, 2.45) is 5.92 Å². The molecule has 0 spiro atoms. The maximum atomic E-state index is 10.6. The van der Waals surface area contributed by atoms with Gasteiger partial charge in [-0.25, -0.2) is 0 Å². The number of thiol groups is 1. The van der Waals surface area contributed by atoms with Crippen molar-refractivity contribution >= 4 is 18.4 Å². The van der Waals surface area contributed by atoms with Crippen LogP contribution in [0.25, 0.3) is 0 Å². The highest BCUT2D eigenvalue weighted by atomic mass is 32.1. The Hall–Kier alpha value is 0.0200. The number of hydrogen-bond acceptors (Lipinski definition) is 2. The van der Waals surface area contributed by atoms with Gasteiger partial charge in [0.1, 0.15) is 5.78 Å². The second-order valence-electron chi connectivity index (χ2n) is 2.76. The highest BCUT2D eigenvalue weighted by molar-refractivity contribution is 7.81. The molecule has 0 aromatic heterocycles. The lowest BCUT2D eigenvalue weighted by Gasteiger charge is -2.08. The fourth-order valence-electron chi connectivity index (χ4n) is 0.612. The number of rotatable bonds is 3. The maximum absolute atomic E-state index is 10.6. The van der Waals surface area contributed by atoms with Crippen molar-refractivity contribution in [2.45, 2.75) is 32.4 Å². The van der Waals surface area contributed by atoms with Crippen LogP contribution in [0.5, 0.6) is 0 Å². The van der Waals surface area contributed by atoms with Crippen molar-refractivity contribution in [3.63, 3.8) is 0 Å². The van der Waals surface area contributed by atoms with E-state index in [1.54, 1.807) is 6.92 Å². The van der Waals surface area contributed by atoms with E-state index in [2.05, 4.69) is 26.5 Å². The topological polar surface area (TPSA) is 17.1 Å². The van der Waals surface area contributed by atoms with E-state index >= 15 is 0 Å². The third-order valence-electron chi connectivity index (χ3n) is 1.16. The Morgan fingerprint density at radius 1 is 1.56 bits per heavy atom. The molecule has 0 amide bonds. The molecule has 0 N–H and O–H groups in total. The molecule has 0 heterocycles. The fourth-order valence-corrected chi connectivity index (χ4v) is 1.03. The summed E-state index contributed by atoms with van der Waals surface area (Å²) in [6.45, 7) is 5.76. The Bertz CT molecular complexity index is 99.1. The average molecular weight is 146 g/mol. The molecule has 0 aromatic rings. The molecule has 0 aromatic carbocycles. The average Bonchev–Trinajstić information content (AvgIpc) is 1.63. The van der Waals surface area contributed by atoms with E-state index in [9.17, 15) is 4.79 Å². The van der Waals surface area contributed by atoms with Crippen LogP contribution >= 0.6 is 12.6 Å². The molecular formula is C7H14OS. The summed E-state index contributed by atoms with van der Waals surface area (Å²) in [5.74, 6) is 0.739. The van der Waals surface area contributed by atoms with Crippen LogP contribution in [-0.4, -0.2) is 11.0 Å². The Morgan fingerprint density at radius 3 is 2.11 bits per heavy atom. The van der Waals surface area contributed by atoms with Crippen molar-refractivity contribution in [3.8, 4) is 0 Å². The second-order valence-corrected chi connectivity index (χ2v) is 3.38. The quantitative estimate of drug-likeness (QED) is 0.602. The summed E-state index contributed by atoms with van der Waals surface area (Å²) in [5.41, 5.74) is 0. The molecule has 0 aliphatic rings. The molecule has 1 atom stereocenters. The largest absolute Gasteiger partial charge is 0.299 e. The predicted octanol–water partition coefficient (Wildman–Crippen LogP) is 1.92. The molecule has 0 aliphatic carbocycles. The summed E-state index contributed by atoms with van der Waals surface area (Å²) in [6, 6.07) is 0. The SMILES string of the molecule is CC(=O)C(S)CC(C)C.